The number of piperidine rings is 1. The summed E-state index contributed by atoms with van der Waals surface area (Å²) < 4.78 is 2.09. The third kappa shape index (κ3) is 3.31. The van der Waals surface area contributed by atoms with Crippen molar-refractivity contribution in [2.75, 3.05) is 20.1 Å². The van der Waals surface area contributed by atoms with E-state index in [0.717, 1.165) is 51.0 Å². The molecule has 0 aliphatic carbocycles. The van der Waals surface area contributed by atoms with Gasteiger partial charge >= 0.3 is 0 Å². The van der Waals surface area contributed by atoms with Crippen molar-refractivity contribution in [3.05, 3.63) is 58.7 Å². The Morgan fingerprint density at radius 1 is 1.04 bits per heavy atom. The quantitative estimate of drug-likeness (QED) is 0.743. The zero-order chi connectivity index (χ0) is 17.8. The molecule has 0 saturated carbocycles. The van der Waals surface area contributed by atoms with Gasteiger partial charge in [0.05, 0.1) is 6.20 Å². The number of rotatable bonds is 1. The molecule has 4 heteroatoms. The molecule has 1 aromatic heterocycles. The number of carbonyl (C=O) groups excluding carboxylic acids is 1. The molecule has 3 heterocycles. The largest absolute Gasteiger partial charge is 0.321 e. The number of aldehydes is 1. The molecule has 4 rings (SSSR count). The Labute approximate surface area is 150 Å². The normalized spacial score (nSPS) is 17.1. The van der Waals surface area contributed by atoms with Crippen LogP contribution in [-0.4, -0.2) is 40.9 Å². The molecule has 2 aliphatic rings. The van der Waals surface area contributed by atoms with Gasteiger partial charge in [-0.2, -0.15) is 0 Å². The van der Waals surface area contributed by atoms with Crippen LogP contribution in [0.25, 0.3) is 5.57 Å². The molecular weight excluding hydrogens is 310 g/mol. The number of carbonyl (C=O) groups is 1. The Morgan fingerprint density at radius 2 is 1.76 bits per heavy atom. The Morgan fingerprint density at radius 3 is 2.48 bits per heavy atom. The standard InChI is InChI=1S/C19H21N3O.C2H6/c1-21-9-6-15(7-10-21)18-17-5-3-2-4-14(17)8-11-22-16(13-23)12-20-19(18)22;1-2/h2-5,12-13H,6-11H2,1H3;1-2H3. The van der Waals surface area contributed by atoms with Gasteiger partial charge in [0, 0.05) is 25.2 Å². The van der Waals surface area contributed by atoms with Gasteiger partial charge in [0.2, 0.25) is 0 Å². The summed E-state index contributed by atoms with van der Waals surface area (Å²) in [5.41, 5.74) is 6.07. The van der Waals surface area contributed by atoms with Crippen LogP contribution in [0.1, 0.15) is 54.1 Å². The van der Waals surface area contributed by atoms with Gasteiger partial charge < -0.3 is 9.47 Å². The molecule has 1 fully saturated rings. The van der Waals surface area contributed by atoms with Crippen LogP contribution in [0, 0.1) is 0 Å². The first-order chi connectivity index (χ1) is 12.3. The van der Waals surface area contributed by atoms with Crippen molar-refractivity contribution in [3.8, 4) is 0 Å². The van der Waals surface area contributed by atoms with Crippen LogP contribution in [0.2, 0.25) is 0 Å². The smallest absolute Gasteiger partial charge is 0.168 e. The van der Waals surface area contributed by atoms with E-state index in [2.05, 4.69) is 45.8 Å². The van der Waals surface area contributed by atoms with Crippen molar-refractivity contribution < 1.29 is 4.79 Å². The minimum Gasteiger partial charge on any atom is -0.321 e. The fraction of sp³-hybridized carbons (Fsp3) is 0.429. The van der Waals surface area contributed by atoms with E-state index in [1.807, 2.05) is 13.8 Å². The summed E-state index contributed by atoms with van der Waals surface area (Å²) in [5.74, 6) is 0.969. The summed E-state index contributed by atoms with van der Waals surface area (Å²) in [6.45, 7) is 6.99. The minimum atomic E-state index is 0.679. The predicted octanol–water partition coefficient (Wildman–Crippen LogP) is 3.81. The Kier molecular flexibility index (Phi) is 5.49. The molecule has 2 aliphatic heterocycles. The van der Waals surface area contributed by atoms with E-state index < -0.39 is 0 Å². The van der Waals surface area contributed by atoms with E-state index in [4.69, 9.17) is 0 Å². The lowest BCUT2D eigenvalue weighted by atomic mass is 9.90. The molecule has 0 bridgehead atoms. The maximum absolute atomic E-state index is 11.4. The van der Waals surface area contributed by atoms with E-state index >= 15 is 0 Å². The van der Waals surface area contributed by atoms with E-state index in [1.165, 1.54) is 22.3 Å². The van der Waals surface area contributed by atoms with Gasteiger partial charge in [-0.25, -0.2) is 4.98 Å². The summed E-state index contributed by atoms with van der Waals surface area (Å²) in [7, 11) is 2.17. The van der Waals surface area contributed by atoms with E-state index in [0.29, 0.717) is 5.69 Å². The topological polar surface area (TPSA) is 38.1 Å². The third-order valence-corrected chi connectivity index (χ3v) is 5.07. The number of fused-ring (bicyclic) bond motifs is 2. The molecule has 0 atom stereocenters. The van der Waals surface area contributed by atoms with Gasteiger partial charge in [-0.15, -0.1) is 0 Å². The lowest BCUT2D eigenvalue weighted by Crippen LogP contribution is -2.27. The molecule has 0 spiro atoms. The number of imidazole rings is 1. The lowest BCUT2D eigenvalue weighted by molar-refractivity contribution is 0.111. The third-order valence-electron chi connectivity index (χ3n) is 5.07. The zero-order valence-electron chi connectivity index (χ0n) is 15.5. The number of benzene rings is 1. The molecule has 1 aromatic carbocycles. The van der Waals surface area contributed by atoms with E-state index in [9.17, 15) is 4.79 Å². The van der Waals surface area contributed by atoms with Crippen molar-refractivity contribution >= 4 is 11.9 Å². The van der Waals surface area contributed by atoms with Crippen LogP contribution in [0.15, 0.2) is 36.0 Å². The first-order valence-electron chi connectivity index (χ1n) is 9.28. The highest BCUT2D eigenvalue weighted by molar-refractivity contribution is 5.83. The SMILES string of the molecule is CC.CN1CCC(=C2c3ccccc3CCn3c(C=O)cnc32)CC1. The second-order valence-corrected chi connectivity index (χ2v) is 6.47. The molecule has 0 radical (unpaired) electrons. The van der Waals surface area contributed by atoms with Crippen LogP contribution in [0.5, 0.6) is 0 Å². The summed E-state index contributed by atoms with van der Waals surface area (Å²) in [6.07, 6.45) is 5.72. The summed E-state index contributed by atoms with van der Waals surface area (Å²) in [6, 6.07) is 8.62. The molecule has 0 unspecified atom stereocenters. The monoisotopic (exact) mass is 337 g/mol. The average Bonchev–Trinajstić information content (AvgIpc) is 2.99. The second-order valence-electron chi connectivity index (χ2n) is 6.47. The van der Waals surface area contributed by atoms with E-state index in [-0.39, 0.29) is 0 Å². The molecule has 4 nitrogen and oxygen atoms in total. The minimum absolute atomic E-state index is 0.679. The van der Waals surface area contributed by atoms with E-state index in [1.54, 1.807) is 6.20 Å². The van der Waals surface area contributed by atoms with Crippen molar-refractivity contribution in [1.29, 1.82) is 0 Å². The van der Waals surface area contributed by atoms with Gasteiger partial charge in [-0.05, 0) is 37.4 Å². The highest BCUT2D eigenvalue weighted by atomic mass is 16.1. The number of aromatic nitrogens is 2. The number of nitrogens with zero attached hydrogens (tertiary/aromatic N) is 3. The molecule has 25 heavy (non-hydrogen) atoms. The summed E-state index contributed by atoms with van der Waals surface area (Å²) in [4.78, 5) is 18.4. The van der Waals surface area contributed by atoms with Crippen molar-refractivity contribution in [2.45, 2.75) is 39.7 Å². The Hall–Kier alpha value is -2.20. The van der Waals surface area contributed by atoms with Crippen LogP contribution in [0.4, 0.5) is 0 Å². The van der Waals surface area contributed by atoms with Crippen LogP contribution >= 0.6 is 0 Å². The fourth-order valence-corrected chi connectivity index (χ4v) is 3.74. The Bertz CT molecular complexity index is 778. The molecule has 1 saturated heterocycles. The number of likely N-dealkylation sites (tertiary alicyclic amines) is 1. The second kappa shape index (κ2) is 7.79. The van der Waals surface area contributed by atoms with Crippen molar-refractivity contribution in [1.82, 2.24) is 14.5 Å². The fourth-order valence-electron chi connectivity index (χ4n) is 3.74. The van der Waals surface area contributed by atoms with Crippen molar-refractivity contribution in [3.63, 3.8) is 0 Å². The summed E-state index contributed by atoms with van der Waals surface area (Å²) >= 11 is 0. The highest BCUT2D eigenvalue weighted by Gasteiger charge is 2.25. The average molecular weight is 337 g/mol. The first kappa shape index (κ1) is 17.6. The van der Waals surface area contributed by atoms with Gasteiger partial charge in [0.15, 0.2) is 6.29 Å². The summed E-state index contributed by atoms with van der Waals surface area (Å²) in [5, 5.41) is 0. The maximum atomic E-state index is 11.4. The Balaban J connectivity index is 0.000000880. The first-order valence-corrected chi connectivity index (χ1v) is 9.28. The lowest BCUT2D eigenvalue weighted by Gasteiger charge is -2.26. The number of aryl methyl sites for hydroxylation is 1. The molecule has 0 N–H and O–H groups in total. The van der Waals surface area contributed by atoms with Gasteiger partial charge in [0.1, 0.15) is 11.5 Å². The molecule has 0 amide bonds. The molecule has 2 aromatic rings. The van der Waals surface area contributed by atoms with Crippen LogP contribution < -0.4 is 0 Å². The van der Waals surface area contributed by atoms with Crippen LogP contribution in [0.3, 0.4) is 0 Å². The maximum Gasteiger partial charge on any atom is 0.168 e. The van der Waals surface area contributed by atoms with Crippen LogP contribution in [-0.2, 0) is 13.0 Å². The van der Waals surface area contributed by atoms with Crippen molar-refractivity contribution in [2.24, 2.45) is 0 Å². The molecule has 132 valence electrons. The van der Waals surface area contributed by atoms with Gasteiger partial charge in [-0.1, -0.05) is 43.7 Å². The molecular formula is C21H27N3O. The number of hydrogen-bond donors (Lipinski definition) is 0. The number of hydrogen-bond acceptors (Lipinski definition) is 3. The zero-order valence-corrected chi connectivity index (χ0v) is 15.5. The predicted molar refractivity (Wildman–Crippen MR) is 102 cm³/mol. The highest BCUT2D eigenvalue weighted by Crippen LogP contribution is 2.35. The van der Waals surface area contributed by atoms with Gasteiger partial charge in [0.25, 0.3) is 0 Å². The van der Waals surface area contributed by atoms with Gasteiger partial charge in [-0.3, -0.25) is 4.79 Å².